The standard InChI is InChI=1S/C22H27BFN7O3/c1-23(33)31-12-5-6-16(31)20(24)17(7-12)30(3)19-10-25-21(28-27-19)14-8-15-13(9-18(14)34-4)22(32)29(2)11-26-15/h8-12,16-17,20,33H,5-7H2,1-4H3/t12?,16?,17-,20+/m0/s1. The maximum atomic E-state index is 15.4. The largest absolute Gasteiger partial charge is 0.496 e. The molecule has 10 nitrogen and oxygen atoms in total. The molecular formula is C22H27BFN7O3. The molecule has 2 aliphatic rings. The molecule has 34 heavy (non-hydrogen) atoms. The number of hydrogen-bond donors (Lipinski definition) is 1. The summed E-state index contributed by atoms with van der Waals surface area (Å²) in [5.41, 5.74) is 0.885. The molecule has 0 spiro atoms. The third-order valence-electron chi connectivity index (χ3n) is 7.17. The summed E-state index contributed by atoms with van der Waals surface area (Å²) in [4.78, 5) is 24.9. The van der Waals surface area contributed by atoms with Crippen molar-refractivity contribution < 1.29 is 14.2 Å². The van der Waals surface area contributed by atoms with Crippen LogP contribution in [0.2, 0.25) is 6.82 Å². The van der Waals surface area contributed by atoms with Crippen molar-refractivity contribution in [3.8, 4) is 17.1 Å². The molecule has 3 aromatic rings. The number of hydrogen-bond acceptors (Lipinski definition) is 9. The van der Waals surface area contributed by atoms with E-state index in [-0.39, 0.29) is 23.7 Å². The highest BCUT2D eigenvalue weighted by molar-refractivity contribution is 6.45. The van der Waals surface area contributed by atoms with Gasteiger partial charge in [0, 0.05) is 26.2 Å². The summed E-state index contributed by atoms with van der Waals surface area (Å²) in [6, 6.07) is 2.81. The second-order valence-electron chi connectivity index (χ2n) is 9.11. The summed E-state index contributed by atoms with van der Waals surface area (Å²) < 4.78 is 22.3. The van der Waals surface area contributed by atoms with E-state index in [9.17, 15) is 9.82 Å². The Morgan fingerprint density at radius 2 is 2.06 bits per heavy atom. The molecular weight excluding hydrogens is 440 g/mol. The number of aromatic nitrogens is 5. The molecule has 2 bridgehead atoms. The fraction of sp³-hybridized carbons (Fsp3) is 0.500. The Bertz CT molecular complexity index is 1270. The quantitative estimate of drug-likeness (QED) is 0.555. The number of halogens is 1. The first-order valence-electron chi connectivity index (χ1n) is 11.4. The molecule has 4 heterocycles. The number of alkyl halides is 1. The Hall–Kier alpha value is -3.12. The lowest BCUT2D eigenvalue weighted by molar-refractivity contribution is 0.0962. The van der Waals surface area contributed by atoms with Crippen LogP contribution in [0.4, 0.5) is 10.2 Å². The highest BCUT2D eigenvalue weighted by Gasteiger charge is 2.51. The summed E-state index contributed by atoms with van der Waals surface area (Å²) in [7, 11) is 4.29. The molecule has 2 unspecified atom stereocenters. The van der Waals surface area contributed by atoms with E-state index in [1.54, 1.807) is 44.1 Å². The van der Waals surface area contributed by atoms with E-state index in [4.69, 9.17) is 4.74 Å². The van der Waals surface area contributed by atoms with Gasteiger partial charge >= 0.3 is 7.05 Å². The van der Waals surface area contributed by atoms with Crippen molar-refractivity contribution in [2.75, 3.05) is 19.1 Å². The molecule has 0 radical (unpaired) electrons. The second-order valence-corrected chi connectivity index (χ2v) is 9.11. The minimum Gasteiger partial charge on any atom is -0.496 e. The Kier molecular flexibility index (Phi) is 5.72. The average Bonchev–Trinajstić information content (AvgIpc) is 3.20. The van der Waals surface area contributed by atoms with E-state index < -0.39 is 13.2 Å². The monoisotopic (exact) mass is 467 g/mol. The van der Waals surface area contributed by atoms with Gasteiger partial charge in [-0.15, -0.1) is 10.2 Å². The third kappa shape index (κ3) is 3.61. The molecule has 5 rings (SSSR count). The summed E-state index contributed by atoms with van der Waals surface area (Å²) >= 11 is 0. The van der Waals surface area contributed by atoms with Gasteiger partial charge in [0.05, 0.1) is 42.1 Å². The predicted octanol–water partition coefficient (Wildman–Crippen LogP) is 1.28. The molecule has 2 saturated heterocycles. The zero-order valence-electron chi connectivity index (χ0n) is 19.6. The molecule has 2 aliphatic heterocycles. The van der Waals surface area contributed by atoms with Gasteiger partial charge in [-0.25, -0.2) is 14.4 Å². The maximum Gasteiger partial charge on any atom is 0.376 e. The number of benzene rings is 1. The van der Waals surface area contributed by atoms with Crippen molar-refractivity contribution in [2.24, 2.45) is 7.05 Å². The maximum absolute atomic E-state index is 15.4. The first kappa shape index (κ1) is 22.7. The molecule has 0 amide bonds. The van der Waals surface area contributed by atoms with Crippen LogP contribution in [-0.4, -0.2) is 80.1 Å². The number of methoxy groups -OCH3 is 1. The zero-order valence-corrected chi connectivity index (χ0v) is 19.6. The highest BCUT2D eigenvalue weighted by Crippen LogP contribution is 2.40. The summed E-state index contributed by atoms with van der Waals surface area (Å²) in [5, 5.41) is 19.1. The Morgan fingerprint density at radius 3 is 2.74 bits per heavy atom. The van der Waals surface area contributed by atoms with Crippen LogP contribution < -0.4 is 15.2 Å². The molecule has 0 aliphatic carbocycles. The Balaban J connectivity index is 1.43. The SMILES string of the molecule is COc1cc2c(=O)n(C)cnc2cc1-c1ncc(N(C)[C@H]2CC3CCC([C@H]2F)N3B(C)O)nn1. The normalized spacial score (nSPS) is 24.4. The van der Waals surface area contributed by atoms with Crippen molar-refractivity contribution in [3.63, 3.8) is 0 Å². The van der Waals surface area contributed by atoms with Gasteiger partial charge in [-0.3, -0.25) is 4.79 Å². The van der Waals surface area contributed by atoms with Crippen LogP contribution in [0.15, 0.2) is 29.5 Å². The summed E-state index contributed by atoms with van der Waals surface area (Å²) in [6.45, 7) is 1.70. The van der Waals surface area contributed by atoms with Gasteiger partial charge < -0.3 is 24.0 Å². The Labute approximate surface area is 196 Å². The highest BCUT2D eigenvalue weighted by atomic mass is 19.1. The molecule has 12 heteroatoms. The van der Waals surface area contributed by atoms with E-state index in [0.29, 0.717) is 40.3 Å². The summed E-state index contributed by atoms with van der Waals surface area (Å²) in [5.74, 6) is 1.22. The van der Waals surface area contributed by atoms with Crippen molar-refractivity contribution in [1.82, 2.24) is 29.5 Å². The minimum atomic E-state index is -1.12. The molecule has 1 N–H and O–H groups in total. The fourth-order valence-electron chi connectivity index (χ4n) is 5.42. The summed E-state index contributed by atoms with van der Waals surface area (Å²) in [6.07, 6.45) is 4.13. The van der Waals surface area contributed by atoms with Gasteiger partial charge in [-0.05, 0) is 38.2 Å². The topological polar surface area (TPSA) is 110 Å². The number of nitrogens with zero attached hydrogens (tertiary/aromatic N) is 7. The smallest absolute Gasteiger partial charge is 0.376 e. The van der Waals surface area contributed by atoms with Crippen LogP contribution in [0.1, 0.15) is 19.3 Å². The van der Waals surface area contributed by atoms with Crippen LogP contribution in [0, 0.1) is 0 Å². The first-order chi connectivity index (χ1) is 16.3. The lowest BCUT2D eigenvalue weighted by Gasteiger charge is -2.45. The van der Waals surface area contributed by atoms with Crippen molar-refractivity contribution in [3.05, 3.63) is 35.0 Å². The van der Waals surface area contributed by atoms with E-state index in [0.717, 1.165) is 12.8 Å². The van der Waals surface area contributed by atoms with Crippen molar-refractivity contribution in [1.29, 1.82) is 0 Å². The van der Waals surface area contributed by atoms with Crippen LogP contribution in [0.5, 0.6) is 5.75 Å². The van der Waals surface area contributed by atoms with Gasteiger partial charge in [-0.2, -0.15) is 0 Å². The van der Waals surface area contributed by atoms with Crippen LogP contribution in [0.3, 0.4) is 0 Å². The van der Waals surface area contributed by atoms with E-state index in [2.05, 4.69) is 20.2 Å². The molecule has 1 aromatic carbocycles. The van der Waals surface area contributed by atoms with Crippen LogP contribution in [-0.2, 0) is 7.05 Å². The van der Waals surface area contributed by atoms with Gasteiger partial charge in [0.15, 0.2) is 11.6 Å². The number of ether oxygens (including phenoxy) is 1. The van der Waals surface area contributed by atoms with E-state index >= 15 is 4.39 Å². The van der Waals surface area contributed by atoms with Gasteiger partial charge in [-0.1, -0.05) is 0 Å². The third-order valence-corrected chi connectivity index (χ3v) is 7.17. The fourth-order valence-corrected chi connectivity index (χ4v) is 5.42. The number of anilines is 1. The molecule has 4 atom stereocenters. The number of piperidine rings is 1. The first-order valence-corrected chi connectivity index (χ1v) is 11.4. The lowest BCUT2D eigenvalue weighted by Crippen LogP contribution is -2.60. The molecule has 0 saturated carbocycles. The van der Waals surface area contributed by atoms with Crippen molar-refractivity contribution in [2.45, 2.75) is 50.4 Å². The Morgan fingerprint density at radius 1 is 1.26 bits per heavy atom. The lowest BCUT2D eigenvalue weighted by atomic mass is 9.78. The van der Waals surface area contributed by atoms with Gasteiger partial charge in [0.1, 0.15) is 11.9 Å². The number of fused-ring (bicyclic) bond motifs is 3. The van der Waals surface area contributed by atoms with E-state index in [1.807, 2.05) is 4.81 Å². The van der Waals surface area contributed by atoms with Gasteiger partial charge in [0.25, 0.3) is 5.56 Å². The predicted molar refractivity (Wildman–Crippen MR) is 127 cm³/mol. The average molecular weight is 467 g/mol. The molecule has 178 valence electrons. The molecule has 2 fully saturated rings. The minimum absolute atomic E-state index is 0.145. The second kappa shape index (κ2) is 8.59. The number of rotatable bonds is 5. The number of aryl methyl sites for hydroxylation is 1. The van der Waals surface area contributed by atoms with Gasteiger partial charge in [0.2, 0.25) is 0 Å². The van der Waals surface area contributed by atoms with E-state index in [1.165, 1.54) is 18.0 Å². The van der Waals surface area contributed by atoms with Crippen LogP contribution >= 0.6 is 0 Å². The van der Waals surface area contributed by atoms with Crippen LogP contribution in [0.25, 0.3) is 22.3 Å². The zero-order chi connectivity index (χ0) is 24.1. The van der Waals surface area contributed by atoms with Crippen molar-refractivity contribution >= 4 is 23.8 Å². The molecule has 2 aromatic heterocycles.